The molecule has 0 aromatic heterocycles. The highest BCUT2D eigenvalue weighted by Crippen LogP contribution is 2.24. The molecule has 0 amide bonds. The number of benzene rings is 2. The van der Waals surface area contributed by atoms with Gasteiger partial charge in [-0.2, -0.15) is 0 Å². The summed E-state index contributed by atoms with van der Waals surface area (Å²) in [6.07, 6.45) is 0. The third-order valence-corrected chi connectivity index (χ3v) is 2.81. The van der Waals surface area contributed by atoms with E-state index in [9.17, 15) is 13.6 Å². The predicted molar refractivity (Wildman–Crippen MR) is 68.8 cm³/mol. The van der Waals surface area contributed by atoms with Crippen LogP contribution in [-0.4, -0.2) is 11.1 Å². The Morgan fingerprint density at radius 1 is 1.20 bits per heavy atom. The van der Waals surface area contributed by atoms with Gasteiger partial charge < -0.3 is 9.84 Å². The van der Waals surface area contributed by atoms with Crippen molar-refractivity contribution in [3.05, 3.63) is 64.7 Å². The van der Waals surface area contributed by atoms with E-state index in [2.05, 4.69) is 0 Å². The number of aryl methyl sites for hydroxylation is 1. The van der Waals surface area contributed by atoms with Crippen LogP contribution in [0.1, 0.15) is 21.5 Å². The van der Waals surface area contributed by atoms with E-state index in [1.165, 1.54) is 12.1 Å². The SMILES string of the molecule is Cc1cccc(C(=O)O)c1OCc1ccc(F)c(F)c1. The maximum Gasteiger partial charge on any atom is 0.339 e. The standard InChI is InChI=1S/C15H12F2O3/c1-9-3-2-4-11(15(18)19)14(9)20-8-10-5-6-12(16)13(17)7-10/h2-7H,8H2,1H3,(H,18,19). The second-order valence-corrected chi connectivity index (χ2v) is 4.29. The smallest absolute Gasteiger partial charge is 0.339 e. The zero-order chi connectivity index (χ0) is 14.7. The molecule has 0 saturated heterocycles. The summed E-state index contributed by atoms with van der Waals surface area (Å²) in [4.78, 5) is 11.1. The molecule has 2 aromatic rings. The molecule has 0 saturated carbocycles. The fourth-order valence-electron chi connectivity index (χ4n) is 1.80. The van der Waals surface area contributed by atoms with Crippen LogP contribution in [0.3, 0.4) is 0 Å². The highest BCUT2D eigenvalue weighted by atomic mass is 19.2. The molecule has 2 rings (SSSR count). The van der Waals surface area contributed by atoms with Crippen LogP contribution in [0.2, 0.25) is 0 Å². The lowest BCUT2D eigenvalue weighted by Crippen LogP contribution is -2.05. The summed E-state index contributed by atoms with van der Waals surface area (Å²) < 4.78 is 31.3. The molecule has 104 valence electrons. The van der Waals surface area contributed by atoms with Gasteiger partial charge in [-0.15, -0.1) is 0 Å². The van der Waals surface area contributed by atoms with Crippen LogP contribution in [-0.2, 0) is 6.61 Å². The summed E-state index contributed by atoms with van der Waals surface area (Å²) in [5.74, 6) is -2.77. The van der Waals surface area contributed by atoms with Gasteiger partial charge >= 0.3 is 5.97 Å². The van der Waals surface area contributed by atoms with E-state index in [0.717, 1.165) is 12.1 Å². The minimum atomic E-state index is -1.10. The number of carbonyl (C=O) groups is 1. The maximum atomic E-state index is 13.1. The Morgan fingerprint density at radius 3 is 2.60 bits per heavy atom. The lowest BCUT2D eigenvalue weighted by molar-refractivity contribution is 0.0691. The molecule has 0 aliphatic rings. The van der Waals surface area contributed by atoms with E-state index in [1.54, 1.807) is 19.1 Å². The van der Waals surface area contributed by atoms with Crippen LogP contribution in [0.4, 0.5) is 8.78 Å². The van der Waals surface area contributed by atoms with Crippen molar-refractivity contribution in [3.8, 4) is 5.75 Å². The third-order valence-electron chi connectivity index (χ3n) is 2.81. The summed E-state index contributed by atoms with van der Waals surface area (Å²) in [5, 5.41) is 9.08. The fraction of sp³-hybridized carbons (Fsp3) is 0.133. The molecule has 0 radical (unpaired) electrons. The van der Waals surface area contributed by atoms with Crippen molar-refractivity contribution in [2.45, 2.75) is 13.5 Å². The second kappa shape index (κ2) is 5.69. The molecule has 0 fully saturated rings. The fourth-order valence-corrected chi connectivity index (χ4v) is 1.80. The largest absolute Gasteiger partial charge is 0.488 e. The average molecular weight is 278 g/mol. The maximum absolute atomic E-state index is 13.1. The normalized spacial score (nSPS) is 10.3. The molecule has 1 N–H and O–H groups in total. The minimum Gasteiger partial charge on any atom is -0.488 e. The van der Waals surface area contributed by atoms with Gasteiger partial charge in [0.2, 0.25) is 0 Å². The monoisotopic (exact) mass is 278 g/mol. The Labute approximate surface area is 114 Å². The van der Waals surface area contributed by atoms with Crippen molar-refractivity contribution in [2.24, 2.45) is 0 Å². The van der Waals surface area contributed by atoms with Gasteiger partial charge in [-0.25, -0.2) is 13.6 Å². The van der Waals surface area contributed by atoms with E-state index in [0.29, 0.717) is 11.1 Å². The predicted octanol–water partition coefficient (Wildman–Crippen LogP) is 3.55. The molecule has 0 atom stereocenters. The van der Waals surface area contributed by atoms with Crippen molar-refractivity contribution in [1.82, 2.24) is 0 Å². The van der Waals surface area contributed by atoms with Gasteiger partial charge in [0.15, 0.2) is 11.6 Å². The number of rotatable bonds is 4. The topological polar surface area (TPSA) is 46.5 Å². The van der Waals surface area contributed by atoms with Crippen molar-refractivity contribution < 1.29 is 23.4 Å². The van der Waals surface area contributed by atoms with Gasteiger partial charge in [0.25, 0.3) is 0 Å². The Morgan fingerprint density at radius 2 is 1.95 bits per heavy atom. The van der Waals surface area contributed by atoms with Gasteiger partial charge in [-0.05, 0) is 36.2 Å². The number of aromatic carboxylic acids is 1. The van der Waals surface area contributed by atoms with Gasteiger partial charge in [0.05, 0.1) is 0 Å². The summed E-state index contributed by atoms with van der Waals surface area (Å²) in [6, 6.07) is 8.17. The van der Waals surface area contributed by atoms with E-state index in [1.807, 2.05) is 0 Å². The van der Waals surface area contributed by atoms with Crippen LogP contribution in [0.25, 0.3) is 0 Å². The van der Waals surface area contributed by atoms with Crippen molar-refractivity contribution >= 4 is 5.97 Å². The molecule has 0 aliphatic heterocycles. The number of hydrogen-bond acceptors (Lipinski definition) is 2. The first-order valence-electron chi connectivity index (χ1n) is 5.88. The Hall–Kier alpha value is -2.43. The number of para-hydroxylation sites is 1. The number of halogens is 2. The zero-order valence-electron chi connectivity index (χ0n) is 10.7. The first-order chi connectivity index (χ1) is 9.49. The number of hydrogen-bond donors (Lipinski definition) is 1. The highest BCUT2D eigenvalue weighted by molar-refractivity contribution is 5.91. The molecule has 20 heavy (non-hydrogen) atoms. The summed E-state index contributed by atoms with van der Waals surface area (Å²) in [5.41, 5.74) is 1.11. The molecule has 0 spiro atoms. The molecule has 0 unspecified atom stereocenters. The molecule has 0 aliphatic carbocycles. The molecule has 0 heterocycles. The molecule has 5 heteroatoms. The van der Waals surface area contributed by atoms with Gasteiger partial charge in [0.1, 0.15) is 17.9 Å². The van der Waals surface area contributed by atoms with Gasteiger partial charge in [-0.3, -0.25) is 0 Å². The summed E-state index contributed by atoms with van der Waals surface area (Å²) >= 11 is 0. The Bertz CT molecular complexity index is 654. The average Bonchev–Trinajstić information content (AvgIpc) is 2.40. The highest BCUT2D eigenvalue weighted by Gasteiger charge is 2.13. The van der Waals surface area contributed by atoms with Crippen LogP contribution < -0.4 is 4.74 Å². The minimum absolute atomic E-state index is 0.0348. The second-order valence-electron chi connectivity index (χ2n) is 4.29. The molecular weight excluding hydrogens is 266 g/mol. The van der Waals surface area contributed by atoms with Crippen LogP contribution >= 0.6 is 0 Å². The summed E-state index contributed by atoms with van der Waals surface area (Å²) in [6.45, 7) is 1.68. The van der Waals surface area contributed by atoms with E-state index < -0.39 is 17.6 Å². The first kappa shape index (κ1) is 14.0. The molecular formula is C15H12F2O3. The third kappa shape index (κ3) is 2.93. The van der Waals surface area contributed by atoms with Crippen LogP contribution in [0.15, 0.2) is 36.4 Å². The lowest BCUT2D eigenvalue weighted by Gasteiger charge is -2.12. The van der Waals surface area contributed by atoms with E-state index in [-0.39, 0.29) is 17.9 Å². The van der Waals surface area contributed by atoms with E-state index >= 15 is 0 Å². The van der Waals surface area contributed by atoms with Crippen molar-refractivity contribution in [3.63, 3.8) is 0 Å². The Balaban J connectivity index is 2.22. The van der Waals surface area contributed by atoms with Crippen LogP contribution in [0.5, 0.6) is 5.75 Å². The number of carboxylic acid groups (broad SMARTS) is 1. The number of carboxylic acids is 1. The van der Waals surface area contributed by atoms with Crippen molar-refractivity contribution in [2.75, 3.05) is 0 Å². The Kier molecular flexibility index (Phi) is 3.98. The lowest BCUT2D eigenvalue weighted by atomic mass is 10.1. The first-order valence-corrected chi connectivity index (χ1v) is 5.88. The van der Waals surface area contributed by atoms with Crippen LogP contribution in [0, 0.1) is 18.6 Å². The quantitative estimate of drug-likeness (QED) is 0.930. The van der Waals surface area contributed by atoms with E-state index in [4.69, 9.17) is 9.84 Å². The molecule has 3 nitrogen and oxygen atoms in total. The zero-order valence-corrected chi connectivity index (χ0v) is 10.7. The number of ether oxygens (including phenoxy) is 1. The molecule has 0 bridgehead atoms. The van der Waals surface area contributed by atoms with Crippen molar-refractivity contribution in [1.29, 1.82) is 0 Å². The van der Waals surface area contributed by atoms with Gasteiger partial charge in [-0.1, -0.05) is 18.2 Å². The summed E-state index contributed by atoms with van der Waals surface area (Å²) in [7, 11) is 0. The molecule has 2 aromatic carbocycles. The van der Waals surface area contributed by atoms with Gasteiger partial charge in [0, 0.05) is 0 Å².